The lowest BCUT2D eigenvalue weighted by Gasteiger charge is -2.33. The summed E-state index contributed by atoms with van der Waals surface area (Å²) in [6.45, 7) is 3.76. The molecule has 4 fully saturated rings. The molecule has 4 aliphatic rings. The van der Waals surface area contributed by atoms with Gasteiger partial charge >= 0.3 is 0 Å². The van der Waals surface area contributed by atoms with E-state index in [0.29, 0.717) is 26.1 Å². The third-order valence-corrected chi connectivity index (χ3v) is 6.73. The second-order valence-electron chi connectivity index (χ2n) is 8.26. The van der Waals surface area contributed by atoms with Gasteiger partial charge in [0.15, 0.2) is 5.72 Å². The Labute approximate surface area is 160 Å². The third-order valence-electron chi connectivity index (χ3n) is 6.73. The van der Waals surface area contributed by atoms with Gasteiger partial charge in [-0.15, -0.1) is 0 Å². The molecule has 0 bridgehead atoms. The number of hydrogen-bond acceptors (Lipinski definition) is 4. The number of carbonyl (C=O) groups excluding carboxylic acids is 2. The maximum absolute atomic E-state index is 13.0. The van der Waals surface area contributed by atoms with E-state index in [2.05, 4.69) is 17.0 Å². The molecule has 144 valence electrons. The van der Waals surface area contributed by atoms with E-state index in [1.54, 1.807) is 0 Å². The van der Waals surface area contributed by atoms with E-state index in [-0.39, 0.29) is 24.0 Å². The number of amides is 2. The first kappa shape index (κ1) is 17.2. The van der Waals surface area contributed by atoms with Crippen molar-refractivity contribution in [2.75, 3.05) is 32.7 Å². The van der Waals surface area contributed by atoms with Crippen LogP contribution < -0.4 is 0 Å². The Morgan fingerprint density at radius 1 is 1.11 bits per heavy atom. The van der Waals surface area contributed by atoms with E-state index in [0.717, 1.165) is 25.1 Å². The van der Waals surface area contributed by atoms with Crippen LogP contribution in [0.15, 0.2) is 30.3 Å². The smallest absolute Gasteiger partial charge is 0.237 e. The van der Waals surface area contributed by atoms with Gasteiger partial charge in [-0.1, -0.05) is 36.8 Å². The summed E-state index contributed by atoms with van der Waals surface area (Å²) in [5.74, 6) is 0.272. The van der Waals surface area contributed by atoms with Gasteiger partial charge < -0.3 is 14.5 Å². The normalized spacial score (nSPS) is 33.4. The summed E-state index contributed by atoms with van der Waals surface area (Å²) < 4.78 is 6.52. The minimum Gasteiger partial charge on any atom is -0.343 e. The Morgan fingerprint density at radius 2 is 1.89 bits per heavy atom. The second-order valence-corrected chi connectivity index (χ2v) is 8.26. The summed E-state index contributed by atoms with van der Waals surface area (Å²) in [7, 11) is 0. The van der Waals surface area contributed by atoms with Gasteiger partial charge in [-0.3, -0.25) is 14.5 Å². The van der Waals surface area contributed by atoms with Crippen molar-refractivity contribution >= 4 is 11.8 Å². The van der Waals surface area contributed by atoms with E-state index < -0.39 is 5.72 Å². The largest absolute Gasteiger partial charge is 0.343 e. The molecule has 4 aliphatic heterocycles. The van der Waals surface area contributed by atoms with Crippen molar-refractivity contribution in [1.29, 1.82) is 0 Å². The fraction of sp³-hybridized carbons (Fsp3) is 0.619. The van der Waals surface area contributed by atoms with Crippen molar-refractivity contribution in [1.82, 2.24) is 14.7 Å². The summed E-state index contributed by atoms with van der Waals surface area (Å²) in [6.07, 6.45) is 4.63. The number of likely N-dealkylation sites (tertiary alicyclic amines) is 2. The van der Waals surface area contributed by atoms with E-state index >= 15 is 0 Å². The molecule has 0 saturated carbocycles. The zero-order valence-electron chi connectivity index (χ0n) is 15.7. The molecule has 1 aromatic carbocycles. The van der Waals surface area contributed by atoms with Crippen LogP contribution in [0.2, 0.25) is 0 Å². The van der Waals surface area contributed by atoms with Gasteiger partial charge in [0.05, 0.1) is 25.6 Å². The number of rotatable bonds is 3. The van der Waals surface area contributed by atoms with Crippen LogP contribution >= 0.6 is 0 Å². The lowest BCUT2D eigenvalue weighted by Crippen LogP contribution is -2.50. The van der Waals surface area contributed by atoms with Crippen molar-refractivity contribution in [3.63, 3.8) is 0 Å². The van der Waals surface area contributed by atoms with Gasteiger partial charge in [-0.2, -0.15) is 0 Å². The van der Waals surface area contributed by atoms with Gasteiger partial charge in [0, 0.05) is 13.0 Å². The highest BCUT2D eigenvalue weighted by Crippen LogP contribution is 2.50. The van der Waals surface area contributed by atoms with Gasteiger partial charge in [0.2, 0.25) is 11.8 Å². The van der Waals surface area contributed by atoms with E-state index in [1.165, 1.54) is 19.3 Å². The topological polar surface area (TPSA) is 53.1 Å². The molecular weight excluding hydrogens is 342 g/mol. The van der Waals surface area contributed by atoms with Crippen molar-refractivity contribution in [2.45, 2.75) is 50.0 Å². The fourth-order valence-electron chi connectivity index (χ4n) is 5.36. The standard InChI is InChI=1S/C21H27N3O3/c25-19-13-18-21(24(19)14-17(27-21)16-7-3-1-4-8-16)9-12-23(18)20(26)15-22-10-5-2-6-11-22/h1,3-4,7-8,17-18H,2,5-6,9-15H2/t17-,18-,21+/m1/s1. The van der Waals surface area contributed by atoms with Crippen LogP contribution in [0, 0.1) is 0 Å². The molecule has 0 aliphatic carbocycles. The lowest BCUT2D eigenvalue weighted by atomic mass is 10.1. The zero-order chi connectivity index (χ0) is 18.4. The summed E-state index contributed by atoms with van der Waals surface area (Å²) in [6, 6.07) is 9.96. The number of piperidine rings is 1. The number of carbonyl (C=O) groups is 2. The van der Waals surface area contributed by atoms with Gasteiger partial charge in [-0.25, -0.2) is 0 Å². The van der Waals surface area contributed by atoms with Crippen LogP contribution in [-0.2, 0) is 14.3 Å². The Hall–Kier alpha value is -1.92. The highest BCUT2D eigenvalue weighted by Gasteiger charge is 2.64. The Balaban J connectivity index is 1.34. The van der Waals surface area contributed by atoms with Crippen LogP contribution in [0.3, 0.4) is 0 Å². The van der Waals surface area contributed by atoms with Crippen LogP contribution in [0.4, 0.5) is 0 Å². The molecular formula is C21H27N3O3. The predicted octanol–water partition coefficient (Wildman–Crippen LogP) is 1.77. The summed E-state index contributed by atoms with van der Waals surface area (Å²) >= 11 is 0. The first-order chi connectivity index (χ1) is 13.2. The molecule has 5 rings (SSSR count). The van der Waals surface area contributed by atoms with Crippen LogP contribution in [-0.4, -0.2) is 71.0 Å². The molecule has 1 spiro atoms. The second kappa shape index (κ2) is 6.60. The average Bonchev–Trinajstić information content (AvgIpc) is 3.32. The fourth-order valence-corrected chi connectivity index (χ4v) is 5.36. The van der Waals surface area contributed by atoms with Gasteiger partial charge in [0.1, 0.15) is 6.10 Å². The highest BCUT2D eigenvalue weighted by atomic mass is 16.5. The van der Waals surface area contributed by atoms with Crippen LogP contribution in [0.1, 0.15) is 43.8 Å². The minimum absolute atomic E-state index is 0.102. The molecule has 27 heavy (non-hydrogen) atoms. The average molecular weight is 369 g/mol. The van der Waals surface area contributed by atoms with Crippen molar-refractivity contribution in [3.05, 3.63) is 35.9 Å². The summed E-state index contributed by atoms with van der Waals surface area (Å²) in [5.41, 5.74) is 0.487. The quantitative estimate of drug-likeness (QED) is 0.815. The molecule has 6 nitrogen and oxygen atoms in total. The third kappa shape index (κ3) is 2.77. The van der Waals surface area contributed by atoms with Gasteiger partial charge in [0.25, 0.3) is 0 Å². The summed E-state index contributed by atoms with van der Waals surface area (Å²) in [5, 5.41) is 0. The van der Waals surface area contributed by atoms with Crippen LogP contribution in [0.25, 0.3) is 0 Å². The SMILES string of the molecule is O=C(CN1CCCCC1)N1CC[C@@]23O[C@@H](c4ccccc4)CN2C(=O)C[C@@H]13. The van der Waals surface area contributed by atoms with Crippen molar-refractivity contribution < 1.29 is 14.3 Å². The number of ether oxygens (including phenoxy) is 1. The van der Waals surface area contributed by atoms with Crippen molar-refractivity contribution in [3.8, 4) is 0 Å². The van der Waals surface area contributed by atoms with E-state index in [1.807, 2.05) is 28.0 Å². The molecule has 0 N–H and O–H groups in total. The molecule has 1 aromatic rings. The monoisotopic (exact) mass is 369 g/mol. The van der Waals surface area contributed by atoms with Gasteiger partial charge in [-0.05, 0) is 31.5 Å². The number of hydrogen-bond donors (Lipinski definition) is 0. The van der Waals surface area contributed by atoms with Crippen molar-refractivity contribution in [2.24, 2.45) is 0 Å². The predicted molar refractivity (Wildman–Crippen MR) is 99.7 cm³/mol. The molecule has 0 unspecified atom stereocenters. The Morgan fingerprint density at radius 3 is 2.67 bits per heavy atom. The molecule has 0 radical (unpaired) electrons. The molecule has 4 saturated heterocycles. The maximum atomic E-state index is 13.0. The molecule has 6 heteroatoms. The molecule has 4 heterocycles. The maximum Gasteiger partial charge on any atom is 0.237 e. The molecule has 2 amide bonds. The summed E-state index contributed by atoms with van der Waals surface area (Å²) in [4.78, 5) is 31.8. The van der Waals surface area contributed by atoms with Crippen LogP contribution in [0.5, 0.6) is 0 Å². The first-order valence-electron chi connectivity index (χ1n) is 10.2. The highest BCUT2D eigenvalue weighted by molar-refractivity contribution is 5.85. The first-order valence-corrected chi connectivity index (χ1v) is 10.2. The lowest BCUT2D eigenvalue weighted by molar-refractivity contribution is -0.143. The number of benzene rings is 1. The van der Waals surface area contributed by atoms with E-state index in [4.69, 9.17) is 4.74 Å². The van der Waals surface area contributed by atoms with E-state index in [9.17, 15) is 9.59 Å². The number of nitrogens with zero attached hydrogens (tertiary/aromatic N) is 3. The minimum atomic E-state index is -0.616. The molecule has 3 atom stereocenters. The Kier molecular flexibility index (Phi) is 4.20. The molecule has 0 aromatic heterocycles. The zero-order valence-corrected chi connectivity index (χ0v) is 15.7. The Bertz CT molecular complexity index is 733.